The van der Waals surface area contributed by atoms with Gasteiger partial charge >= 0.3 is 0 Å². The fraction of sp³-hybridized carbons (Fsp3) is 0.700. The molecular formula is C10H16N2S. The SMILES string of the molecule is CNCc1csc(C2CC2(C)C)n1. The van der Waals surface area contributed by atoms with E-state index >= 15 is 0 Å². The average molecular weight is 196 g/mol. The fourth-order valence-corrected chi connectivity index (χ4v) is 2.76. The van der Waals surface area contributed by atoms with Crippen LogP contribution in [0.15, 0.2) is 5.38 Å². The lowest BCUT2D eigenvalue weighted by molar-refractivity contribution is 0.619. The molecule has 13 heavy (non-hydrogen) atoms. The lowest BCUT2D eigenvalue weighted by atomic mass is 10.1. The quantitative estimate of drug-likeness (QED) is 0.803. The summed E-state index contributed by atoms with van der Waals surface area (Å²) < 4.78 is 0. The first-order chi connectivity index (χ1) is 6.13. The highest BCUT2D eigenvalue weighted by atomic mass is 32.1. The largest absolute Gasteiger partial charge is 0.314 e. The Balaban J connectivity index is 2.07. The Labute approximate surface area is 83.4 Å². The Morgan fingerprint density at radius 2 is 2.38 bits per heavy atom. The second kappa shape index (κ2) is 3.07. The van der Waals surface area contributed by atoms with Gasteiger partial charge in [0.1, 0.15) is 0 Å². The number of hydrogen-bond acceptors (Lipinski definition) is 3. The van der Waals surface area contributed by atoms with Crippen LogP contribution < -0.4 is 5.32 Å². The van der Waals surface area contributed by atoms with Gasteiger partial charge in [0.25, 0.3) is 0 Å². The maximum atomic E-state index is 4.61. The highest BCUT2D eigenvalue weighted by Crippen LogP contribution is 2.59. The number of nitrogens with one attached hydrogen (secondary N) is 1. The summed E-state index contributed by atoms with van der Waals surface area (Å²) in [6, 6.07) is 0. The van der Waals surface area contributed by atoms with Crippen molar-refractivity contribution in [3.8, 4) is 0 Å². The van der Waals surface area contributed by atoms with Gasteiger partial charge in [0, 0.05) is 17.8 Å². The van der Waals surface area contributed by atoms with Crippen molar-refractivity contribution in [1.82, 2.24) is 10.3 Å². The van der Waals surface area contributed by atoms with Crippen LogP contribution in [0.1, 0.15) is 36.9 Å². The van der Waals surface area contributed by atoms with Crippen molar-refractivity contribution in [3.05, 3.63) is 16.1 Å². The number of aromatic nitrogens is 1. The van der Waals surface area contributed by atoms with Gasteiger partial charge in [-0.05, 0) is 18.9 Å². The second-order valence-electron chi connectivity index (χ2n) is 4.45. The van der Waals surface area contributed by atoms with Gasteiger partial charge < -0.3 is 5.32 Å². The molecule has 1 atom stereocenters. The summed E-state index contributed by atoms with van der Waals surface area (Å²) in [5, 5.41) is 6.62. The van der Waals surface area contributed by atoms with Crippen LogP contribution in [-0.2, 0) is 6.54 Å². The Kier molecular flexibility index (Phi) is 2.16. The minimum absolute atomic E-state index is 0.509. The van der Waals surface area contributed by atoms with Crippen LogP contribution in [-0.4, -0.2) is 12.0 Å². The molecule has 2 rings (SSSR count). The predicted octanol–water partition coefficient (Wildman–Crippen LogP) is 2.38. The van der Waals surface area contributed by atoms with Crippen molar-refractivity contribution < 1.29 is 0 Å². The summed E-state index contributed by atoms with van der Waals surface area (Å²) in [5.74, 6) is 0.725. The molecule has 1 fully saturated rings. The van der Waals surface area contributed by atoms with E-state index in [1.165, 1.54) is 17.1 Å². The molecule has 72 valence electrons. The molecule has 1 N–H and O–H groups in total. The fourth-order valence-electron chi connectivity index (χ4n) is 1.63. The summed E-state index contributed by atoms with van der Waals surface area (Å²) in [6.45, 7) is 5.53. The molecule has 1 unspecified atom stereocenters. The molecule has 3 heteroatoms. The van der Waals surface area contributed by atoms with Gasteiger partial charge in [-0.1, -0.05) is 13.8 Å². The number of rotatable bonds is 3. The van der Waals surface area contributed by atoms with E-state index in [-0.39, 0.29) is 0 Å². The molecule has 0 aliphatic heterocycles. The van der Waals surface area contributed by atoms with Gasteiger partial charge in [-0.25, -0.2) is 4.98 Å². The molecule has 0 amide bonds. The zero-order chi connectivity index (χ0) is 9.47. The second-order valence-corrected chi connectivity index (χ2v) is 5.34. The highest BCUT2D eigenvalue weighted by Gasteiger charge is 2.48. The molecule has 0 saturated heterocycles. The molecule has 1 saturated carbocycles. The van der Waals surface area contributed by atoms with E-state index in [2.05, 4.69) is 29.5 Å². The van der Waals surface area contributed by atoms with E-state index in [4.69, 9.17) is 0 Å². The van der Waals surface area contributed by atoms with E-state index < -0.39 is 0 Å². The van der Waals surface area contributed by atoms with E-state index in [1.807, 2.05) is 18.4 Å². The van der Waals surface area contributed by atoms with Crippen LogP contribution in [0.4, 0.5) is 0 Å². The van der Waals surface area contributed by atoms with Crippen molar-refractivity contribution in [2.45, 2.75) is 32.7 Å². The molecule has 1 heterocycles. The first-order valence-electron chi connectivity index (χ1n) is 4.72. The Hall–Kier alpha value is -0.410. The van der Waals surface area contributed by atoms with Crippen LogP contribution in [0, 0.1) is 5.41 Å². The molecule has 0 bridgehead atoms. The summed E-state index contributed by atoms with van der Waals surface area (Å²) >= 11 is 1.81. The molecular weight excluding hydrogens is 180 g/mol. The van der Waals surface area contributed by atoms with Crippen molar-refractivity contribution in [2.75, 3.05) is 7.05 Å². The highest BCUT2D eigenvalue weighted by molar-refractivity contribution is 7.09. The zero-order valence-electron chi connectivity index (χ0n) is 8.42. The smallest absolute Gasteiger partial charge is 0.0965 e. The molecule has 1 aliphatic carbocycles. The van der Waals surface area contributed by atoms with E-state index in [1.54, 1.807) is 0 Å². The van der Waals surface area contributed by atoms with Crippen LogP contribution in [0.5, 0.6) is 0 Å². The Morgan fingerprint density at radius 3 is 2.92 bits per heavy atom. The molecule has 1 aromatic heterocycles. The lowest BCUT2D eigenvalue weighted by Crippen LogP contribution is -2.05. The molecule has 1 aliphatic rings. The number of hydrogen-bond donors (Lipinski definition) is 1. The summed E-state index contributed by atoms with van der Waals surface area (Å²) in [4.78, 5) is 4.61. The zero-order valence-corrected chi connectivity index (χ0v) is 9.24. The minimum atomic E-state index is 0.509. The first kappa shape index (κ1) is 9.16. The topological polar surface area (TPSA) is 24.9 Å². The van der Waals surface area contributed by atoms with Crippen LogP contribution in [0.25, 0.3) is 0 Å². The predicted molar refractivity (Wildman–Crippen MR) is 56.0 cm³/mol. The van der Waals surface area contributed by atoms with Gasteiger partial charge in [-0.2, -0.15) is 0 Å². The Morgan fingerprint density at radius 1 is 1.69 bits per heavy atom. The third-order valence-corrected chi connectivity index (χ3v) is 3.75. The molecule has 0 radical (unpaired) electrons. The normalized spacial score (nSPS) is 24.7. The van der Waals surface area contributed by atoms with E-state index in [0.717, 1.165) is 12.5 Å². The number of nitrogens with zero attached hydrogens (tertiary/aromatic N) is 1. The van der Waals surface area contributed by atoms with Crippen LogP contribution in [0.2, 0.25) is 0 Å². The summed E-state index contributed by atoms with van der Waals surface area (Å²) in [6.07, 6.45) is 1.31. The summed E-state index contributed by atoms with van der Waals surface area (Å²) in [7, 11) is 1.96. The summed E-state index contributed by atoms with van der Waals surface area (Å²) in [5.41, 5.74) is 1.69. The standard InChI is InChI=1S/C10H16N2S/c1-10(2)4-8(10)9-12-7(5-11-3)6-13-9/h6,8,11H,4-5H2,1-3H3. The Bertz CT molecular complexity index is 304. The van der Waals surface area contributed by atoms with Crippen molar-refractivity contribution in [3.63, 3.8) is 0 Å². The third kappa shape index (κ3) is 1.76. The molecule has 0 aromatic carbocycles. The molecule has 0 spiro atoms. The number of thiazole rings is 1. The van der Waals surface area contributed by atoms with E-state index in [0.29, 0.717) is 5.41 Å². The van der Waals surface area contributed by atoms with E-state index in [9.17, 15) is 0 Å². The maximum absolute atomic E-state index is 4.61. The van der Waals surface area contributed by atoms with Crippen LogP contribution in [0.3, 0.4) is 0 Å². The molecule has 2 nitrogen and oxygen atoms in total. The minimum Gasteiger partial charge on any atom is -0.314 e. The molecule has 1 aromatic rings. The first-order valence-corrected chi connectivity index (χ1v) is 5.60. The third-order valence-electron chi connectivity index (χ3n) is 2.74. The van der Waals surface area contributed by atoms with Gasteiger partial charge in [0.05, 0.1) is 10.7 Å². The van der Waals surface area contributed by atoms with Crippen molar-refractivity contribution in [2.24, 2.45) is 5.41 Å². The monoisotopic (exact) mass is 196 g/mol. The van der Waals surface area contributed by atoms with Gasteiger partial charge in [0.2, 0.25) is 0 Å². The van der Waals surface area contributed by atoms with Gasteiger partial charge in [0.15, 0.2) is 0 Å². The van der Waals surface area contributed by atoms with Gasteiger partial charge in [-0.3, -0.25) is 0 Å². The van der Waals surface area contributed by atoms with Crippen molar-refractivity contribution >= 4 is 11.3 Å². The van der Waals surface area contributed by atoms with Crippen molar-refractivity contribution in [1.29, 1.82) is 0 Å². The lowest BCUT2D eigenvalue weighted by Gasteiger charge is -1.98. The maximum Gasteiger partial charge on any atom is 0.0965 e. The van der Waals surface area contributed by atoms with Gasteiger partial charge in [-0.15, -0.1) is 11.3 Å². The average Bonchev–Trinajstić information content (AvgIpc) is 2.52. The van der Waals surface area contributed by atoms with Crippen LogP contribution >= 0.6 is 11.3 Å².